The molecule has 0 fully saturated rings. The number of ether oxygens (including phenoxy) is 1. The van der Waals surface area contributed by atoms with E-state index in [1.165, 1.54) is 0 Å². The van der Waals surface area contributed by atoms with Gasteiger partial charge in [0.2, 0.25) is 5.95 Å². The molecule has 2 aromatic rings. The lowest BCUT2D eigenvalue weighted by Gasteiger charge is -2.10. The van der Waals surface area contributed by atoms with Crippen LogP contribution in [-0.4, -0.2) is 36.2 Å². The van der Waals surface area contributed by atoms with Crippen LogP contribution in [0.4, 0.5) is 5.95 Å². The van der Waals surface area contributed by atoms with Crippen molar-refractivity contribution >= 4 is 22.8 Å². The Bertz CT molecular complexity index is 599. The second kappa shape index (κ2) is 6.81. The number of para-hydroxylation sites is 1. The summed E-state index contributed by atoms with van der Waals surface area (Å²) >= 11 is 0. The highest BCUT2D eigenvalue weighted by molar-refractivity contribution is 5.91. The number of aromatic nitrogens is 2. The Hall–Kier alpha value is -2.21. The van der Waals surface area contributed by atoms with Gasteiger partial charge in [0, 0.05) is 25.6 Å². The Morgan fingerprint density at radius 1 is 1.30 bits per heavy atom. The molecule has 0 unspecified atom stereocenters. The van der Waals surface area contributed by atoms with E-state index in [1.54, 1.807) is 7.11 Å². The van der Waals surface area contributed by atoms with E-state index in [2.05, 4.69) is 20.6 Å². The van der Waals surface area contributed by atoms with Crippen LogP contribution in [0.1, 0.15) is 12.1 Å². The van der Waals surface area contributed by atoms with Gasteiger partial charge in [0.15, 0.2) is 5.96 Å². The molecule has 0 saturated heterocycles. The van der Waals surface area contributed by atoms with Crippen molar-refractivity contribution in [1.82, 2.24) is 15.3 Å². The second-order valence-electron chi connectivity index (χ2n) is 4.42. The van der Waals surface area contributed by atoms with E-state index >= 15 is 0 Å². The quantitative estimate of drug-likeness (QED) is 0.440. The number of nitrogens with zero attached hydrogens (tertiary/aromatic N) is 2. The lowest BCUT2D eigenvalue weighted by molar-refractivity contribution is 0.195. The molecule has 0 aliphatic heterocycles. The minimum atomic E-state index is 0.191. The van der Waals surface area contributed by atoms with Gasteiger partial charge in [0.25, 0.3) is 0 Å². The molecule has 0 atom stereocenters. The lowest BCUT2D eigenvalue weighted by atomic mass is 10.2. The van der Waals surface area contributed by atoms with Crippen LogP contribution in [0.2, 0.25) is 0 Å². The standard InChI is InChI=1S/C14H19N5O/c1-10-11-6-3-4-7-12(11)18-14(17-10)19-13(15)16-8-5-9-20-2/h3-4,6-7H,5,8-9H2,1-2H3,(H3,15,16,17,18,19). The third kappa shape index (κ3) is 3.64. The Balaban J connectivity index is 2.01. The Morgan fingerprint density at radius 2 is 2.10 bits per heavy atom. The molecule has 0 saturated carbocycles. The number of hydrogen-bond acceptors (Lipinski definition) is 4. The van der Waals surface area contributed by atoms with Crippen LogP contribution < -0.4 is 10.6 Å². The molecule has 20 heavy (non-hydrogen) atoms. The zero-order valence-corrected chi connectivity index (χ0v) is 11.7. The van der Waals surface area contributed by atoms with Crippen molar-refractivity contribution in [2.24, 2.45) is 0 Å². The maximum Gasteiger partial charge on any atom is 0.230 e. The van der Waals surface area contributed by atoms with Gasteiger partial charge in [-0.25, -0.2) is 9.97 Å². The lowest BCUT2D eigenvalue weighted by Crippen LogP contribution is -2.31. The molecule has 1 aromatic carbocycles. The zero-order valence-electron chi connectivity index (χ0n) is 11.7. The topological polar surface area (TPSA) is 82.9 Å². The number of anilines is 1. The van der Waals surface area contributed by atoms with Crippen LogP contribution in [0.3, 0.4) is 0 Å². The maximum atomic E-state index is 7.80. The average molecular weight is 273 g/mol. The first kappa shape index (κ1) is 14.2. The molecule has 6 heteroatoms. The first-order valence-corrected chi connectivity index (χ1v) is 6.52. The fourth-order valence-electron chi connectivity index (χ4n) is 1.88. The number of guanidine groups is 1. The molecule has 6 nitrogen and oxygen atoms in total. The van der Waals surface area contributed by atoms with Gasteiger partial charge in [0.1, 0.15) is 0 Å². The van der Waals surface area contributed by atoms with E-state index in [1.807, 2.05) is 31.2 Å². The van der Waals surface area contributed by atoms with Gasteiger partial charge in [-0.15, -0.1) is 0 Å². The van der Waals surface area contributed by atoms with Crippen LogP contribution in [0.5, 0.6) is 0 Å². The van der Waals surface area contributed by atoms with Gasteiger partial charge in [0.05, 0.1) is 11.2 Å². The number of aryl methyl sites for hydroxylation is 1. The SMILES string of the molecule is COCCCNC(=N)Nc1nc(C)c2ccccc2n1. The van der Waals surface area contributed by atoms with Crippen molar-refractivity contribution in [2.75, 3.05) is 25.6 Å². The van der Waals surface area contributed by atoms with Crippen LogP contribution in [-0.2, 0) is 4.74 Å². The Labute approximate surface area is 118 Å². The van der Waals surface area contributed by atoms with E-state index in [4.69, 9.17) is 10.1 Å². The van der Waals surface area contributed by atoms with E-state index < -0.39 is 0 Å². The smallest absolute Gasteiger partial charge is 0.230 e. The number of methoxy groups -OCH3 is 1. The van der Waals surface area contributed by atoms with Gasteiger partial charge in [-0.2, -0.15) is 0 Å². The Morgan fingerprint density at radius 3 is 2.90 bits per heavy atom. The zero-order chi connectivity index (χ0) is 14.4. The molecule has 1 heterocycles. The van der Waals surface area contributed by atoms with Crippen LogP contribution in [0, 0.1) is 12.3 Å². The molecule has 106 valence electrons. The van der Waals surface area contributed by atoms with Crippen LogP contribution in [0.15, 0.2) is 24.3 Å². The molecule has 0 spiro atoms. The van der Waals surface area contributed by atoms with Gasteiger partial charge in [-0.3, -0.25) is 10.7 Å². The summed E-state index contributed by atoms with van der Waals surface area (Å²) in [6.45, 7) is 3.28. The molecule has 0 aliphatic carbocycles. The number of fused-ring (bicyclic) bond motifs is 1. The van der Waals surface area contributed by atoms with E-state index in [0.717, 1.165) is 23.0 Å². The van der Waals surface area contributed by atoms with Gasteiger partial charge in [-0.05, 0) is 19.4 Å². The first-order chi connectivity index (χ1) is 9.70. The largest absolute Gasteiger partial charge is 0.385 e. The Kier molecular flexibility index (Phi) is 4.84. The highest BCUT2D eigenvalue weighted by Crippen LogP contribution is 2.16. The molecule has 0 amide bonds. The molecular formula is C14H19N5O. The van der Waals surface area contributed by atoms with Crippen molar-refractivity contribution in [3.63, 3.8) is 0 Å². The number of rotatable bonds is 5. The maximum absolute atomic E-state index is 7.80. The molecule has 0 aliphatic rings. The fraction of sp³-hybridized carbons (Fsp3) is 0.357. The van der Waals surface area contributed by atoms with Gasteiger partial charge < -0.3 is 10.1 Å². The molecule has 1 aromatic heterocycles. The molecule has 0 bridgehead atoms. The van der Waals surface area contributed by atoms with E-state index in [0.29, 0.717) is 19.1 Å². The van der Waals surface area contributed by atoms with Crippen molar-refractivity contribution in [3.8, 4) is 0 Å². The third-order valence-electron chi connectivity index (χ3n) is 2.86. The summed E-state index contributed by atoms with van der Waals surface area (Å²) in [6.07, 6.45) is 0.845. The predicted octanol–water partition coefficient (Wildman–Crippen LogP) is 1.91. The van der Waals surface area contributed by atoms with Crippen LogP contribution in [0.25, 0.3) is 10.9 Å². The summed E-state index contributed by atoms with van der Waals surface area (Å²) < 4.78 is 4.95. The summed E-state index contributed by atoms with van der Waals surface area (Å²) in [5.41, 5.74) is 1.76. The minimum Gasteiger partial charge on any atom is -0.385 e. The average Bonchev–Trinajstić information content (AvgIpc) is 2.44. The summed E-state index contributed by atoms with van der Waals surface area (Å²) in [6, 6.07) is 7.83. The minimum absolute atomic E-state index is 0.191. The first-order valence-electron chi connectivity index (χ1n) is 6.52. The second-order valence-corrected chi connectivity index (χ2v) is 4.42. The highest BCUT2D eigenvalue weighted by Gasteiger charge is 2.05. The van der Waals surface area contributed by atoms with Crippen molar-refractivity contribution in [3.05, 3.63) is 30.0 Å². The van der Waals surface area contributed by atoms with Crippen molar-refractivity contribution in [1.29, 1.82) is 5.41 Å². The third-order valence-corrected chi connectivity index (χ3v) is 2.86. The molecule has 0 radical (unpaired) electrons. The van der Waals surface area contributed by atoms with E-state index in [-0.39, 0.29) is 5.96 Å². The van der Waals surface area contributed by atoms with Crippen molar-refractivity contribution < 1.29 is 4.74 Å². The molecular weight excluding hydrogens is 254 g/mol. The predicted molar refractivity (Wildman–Crippen MR) is 80.1 cm³/mol. The highest BCUT2D eigenvalue weighted by atomic mass is 16.5. The summed E-state index contributed by atoms with van der Waals surface area (Å²) in [5, 5.41) is 14.6. The summed E-state index contributed by atoms with van der Waals surface area (Å²) in [5.74, 6) is 0.626. The van der Waals surface area contributed by atoms with Gasteiger partial charge >= 0.3 is 0 Å². The van der Waals surface area contributed by atoms with Crippen molar-refractivity contribution in [2.45, 2.75) is 13.3 Å². The van der Waals surface area contributed by atoms with Crippen LogP contribution >= 0.6 is 0 Å². The molecule has 2 rings (SSSR count). The fourth-order valence-corrected chi connectivity index (χ4v) is 1.88. The number of nitrogens with one attached hydrogen (secondary N) is 3. The monoisotopic (exact) mass is 273 g/mol. The van der Waals surface area contributed by atoms with E-state index in [9.17, 15) is 0 Å². The summed E-state index contributed by atoms with van der Waals surface area (Å²) in [4.78, 5) is 8.75. The van der Waals surface area contributed by atoms with Gasteiger partial charge in [-0.1, -0.05) is 18.2 Å². The normalized spacial score (nSPS) is 10.5. The number of benzene rings is 1. The molecule has 3 N–H and O–H groups in total. The summed E-state index contributed by atoms with van der Waals surface area (Å²) in [7, 11) is 1.66. The number of hydrogen-bond donors (Lipinski definition) is 3.